The topological polar surface area (TPSA) is 113 Å². The highest BCUT2D eigenvalue weighted by Gasteiger charge is 2.37. The van der Waals surface area contributed by atoms with Gasteiger partial charge in [-0.15, -0.1) is 0 Å². The zero-order chi connectivity index (χ0) is 23.7. The largest absolute Gasteiger partial charge is 0.486 e. The Hall–Kier alpha value is -4.08. The van der Waals surface area contributed by atoms with Gasteiger partial charge in [0.15, 0.2) is 11.5 Å². The number of anilines is 1. The SMILES string of the molecule is O=C(CCC1NC(=O)N(CCc2c[nH]c3ccc(F)cc23)C1=O)Nc1ccc2c(c1)OCCO2. The van der Waals surface area contributed by atoms with E-state index in [0.29, 0.717) is 36.8 Å². The van der Waals surface area contributed by atoms with Crippen molar-refractivity contribution in [3.05, 3.63) is 54.0 Å². The summed E-state index contributed by atoms with van der Waals surface area (Å²) in [6.07, 6.45) is 2.37. The molecule has 4 amide bonds. The number of nitrogens with zero attached hydrogens (tertiary/aromatic N) is 1. The number of imide groups is 1. The van der Waals surface area contributed by atoms with Crippen molar-refractivity contribution in [3.8, 4) is 11.5 Å². The first-order valence-corrected chi connectivity index (χ1v) is 11.0. The van der Waals surface area contributed by atoms with Crippen LogP contribution < -0.4 is 20.1 Å². The number of rotatable bonds is 7. The lowest BCUT2D eigenvalue weighted by atomic mass is 10.1. The van der Waals surface area contributed by atoms with Crippen LogP contribution in [0.15, 0.2) is 42.6 Å². The van der Waals surface area contributed by atoms with Crippen molar-refractivity contribution in [2.24, 2.45) is 0 Å². The van der Waals surface area contributed by atoms with E-state index in [0.717, 1.165) is 21.4 Å². The molecule has 0 spiro atoms. The molecule has 1 atom stereocenters. The molecule has 10 heteroatoms. The van der Waals surface area contributed by atoms with Crippen LogP contribution in [-0.4, -0.2) is 53.5 Å². The molecule has 9 nitrogen and oxygen atoms in total. The Bertz CT molecular complexity index is 1270. The molecule has 2 aliphatic rings. The number of aromatic amines is 1. The highest BCUT2D eigenvalue weighted by atomic mass is 19.1. The summed E-state index contributed by atoms with van der Waals surface area (Å²) in [7, 11) is 0. The van der Waals surface area contributed by atoms with Crippen LogP contribution >= 0.6 is 0 Å². The molecule has 5 rings (SSSR count). The van der Waals surface area contributed by atoms with Crippen LogP contribution in [0.4, 0.5) is 14.9 Å². The lowest BCUT2D eigenvalue weighted by Crippen LogP contribution is -2.33. The molecule has 3 N–H and O–H groups in total. The maximum atomic E-state index is 13.6. The molecule has 3 heterocycles. The van der Waals surface area contributed by atoms with Gasteiger partial charge in [-0.05, 0) is 48.7 Å². The molecule has 176 valence electrons. The number of amides is 4. The summed E-state index contributed by atoms with van der Waals surface area (Å²) in [5.41, 5.74) is 2.17. The van der Waals surface area contributed by atoms with Crippen molar-refractivity contribution in [2.75, 3.05) is 25.1 Å². The number of hydrogen-bond acceptors (Lipinski definition) is 5. The first-order chi connectivity index (χ1) is 16.5. The van der Waals surface area contributed by atoms with Gasteiger partial charge in [0.25, 0.3) is 5.91 Å². The average molecular weight is 466 g/mol. The van der Waals surface area contributed by atoms with Crippen molar-refractivity contribution in [1.29, 1.82) is 0 Å². The quantitative estimate of drug-likeness (QED) is 0.464. The second-order valence-corrected chi connectivity index (χ2v) is 8.19. The Kier molecular flexibility index (Phi) is 5.79. The van der Waals surface area contributed by atoms with Crippen LogP contribution in [0.1, 0.15) is 18.4 Å². The summed E-state index contributed by atoms with van der Waals surface area (Å²) in [5.74, 6) is 0.191. The molecule has 2 aliphatic heterocycles. The standard InChI is InChI=1S/C24H23FN4O5/c25-15-1-3-18-17(11-15)14(13-26-18)7-8-29-23(31)19(28-24(29)32)4-6-22(30)27-16-2-5-20-21(12-16)34-10-9-33-20/h1-3,5,11-13,19,26H,4,6-10H2,(H,27,30)(H,28,32). The highest BCUT2D eigenvalue weighted by molar-refractivity contribution is 6.04. The van der Waals surface area contributed by atoms with E-state index in [1.54, 1.807) is 30.5 Å². The van der Waals surface area contributed by atoms with Crippen LogP contribution in [0.25, 0.3) is 10.9 Å². The number of hydrogen-bond donors (Lipinski definition) is 3. The van der Waals surface area contributed by atoms with E-state index in [2.05, 4.69) is 15.6 Å². The van der Waals surface area contributed by atoms with Crippen LogP contribution in [0.5, 0.6) is 11.5 Å². The number of carbonyl (C=O) groups is 3. The number of ether oxygens (including phenoxy) is 2. The van der Waals surface area contributed by atoms with Crippen molar-refractivity contribution >= 4 is 34.4 Å². The fourth-order valence-corrected chi connectivity index (χ4v) is 4.19. The monoisotopic (exact) mass is 466 g/mol. The highest BCUT2D eigenvalue weighted by Crippen LogP contribution is 2.32. The fraction of sp³-hybridized carbons (Fsp3) is 0.292. The Morgan fingerprint density at radius 1 is 1.12 bits per heavy atom. The first-order valence-electron chi connectivity index (χ1n) is 11.0. The summed E-state index contributed by atoms with van der Waals surface area (Å²) < 4.78 is 24.6. The third-order valence-corrected chi connectivity index (χ3v) is 5.93. The lowest BCUT2D eigenvalue weighted by molar-refractivity contribution is -0.127. The summed E-state index contributed by atoms with van der Waals surface area (Å²) in [6.45, 7) is 1.09. The number of aromatic nitrogens is 1. The van der Waals surface area contributed by atoms with Crippen LogP contribution in [0.2, 0.25) is 0 Å². The molecule has 0 aliphatic carbocycles. The van der Waals surface area contributed by atoms with E-state index >= 15 is 0 Å². The van der Waals surface area contributed by atoms with Gasteiger partial charge in [-0.25, -0.2) is 9.18 Å². The third-order valence-electron chi connectivity index (χ3n) is 5.93. The summed E-state index contributed by atoms with van der Waals surface area (Å²) in [6, 6.07) is 8.32. The van der Waals surface area contributed by atoms with Gasteiger partial charge in [-0.1, -0.05) is 0 Å². The van der Waals surface area contributed by atoms with E-state index < -0.39 is 12.1 Å². The number of H-pyrrole nitrogens is 1. The van der Waals surface area contributed by atoms with Crippen molar-refractivity contribution < 1.29 is 28.2 Å². The molecular formula is C24H23FN4O5. The minimum Gasteiger partial charge on any atom is -0.486 e. The second kappa shape index (κ2) is 9.05. The van der Waals surface area contributed by atoms with E-state index in [1.807, 2.05) is 0 Å². The normalized spacial score (nSPS) is 17.2. The van der Waals surface area contributed by atoms with Crippen LogP contribution in [0, 0.1) is 5.82 Å². The number of benzene rings is 2. The summed E-state index contributed by atoms with van der Waals surface area (Å²) in [4.78, 5) is 41.7. The van der Waals surface area contributed by atoms with Gasteiger partial charge in [-0.2, -0.15) is 0 Å². The van der Waals surface area contributed by atoms with Gasteiger partial charge in [0.05, 0.1) is 0 Å². The molecule has 0 bridgehead atoms. The minimum atomic E-state index is -0.765. The average Bonchev–Trinajstić information content (AvgIpc) is 3.35. The zero-order valence-corrected chi connectivity index (χ0v) is 18.2. The van der Waals surface area contributed by atoms with E-state index in [4.69, 9.17) is 9.47 Å². The van der Waals surface area contributed by atoms with Gasteiger partial charge < -0.3 is 25.1 Å². The fourth-order valence-electron chi connectivity index (χ4n) is 4.19. The Morgan fingerprint density at radius 3 is 2.79 bits per heavy atom. The van der Waals surface area contributed by atoms with Gasteiger partial charge in [0, 0.05) is 41.8 Å². The molecule has 2 aromatic carbocycles. The molecule has 1 unspecified atom stereocenters. The van der Waals surface area contributed by atoms with E-state index in [9.17, 15) is 18.8 Å². The van der Waals surface area contributed by atoms with E-state index in [1.165, 1.54) is 12.1 Å². The van der Waals surface area contributed by atoms with Gasteiger partial charge in [-0.3, -0.25) is 14.5 Å². The molecule has 3 aromatic rings. The molecule has 0 radical (unpaired) electrons. The number of fused-ring (bicyclic) bond motifs is 2. The Labute approximate surface area is 194 Å². The van der Waals surface area contributed by atoms with Crippen molar-refractivity contribution in [2.45, 2.75) is 25.3 Å². The minimum absolute atomic E-state index is 0.0562. The Balaban J connectivity index is 1.14. The molecular weight excluding hydrogens is 443 g/mol. The van der Waals surface area contributed by atoms with Gasteiger partial charge in [0.1, 0.15) is 25.1 Å². The third kappa shape index (κ3) is 4.39. The molecule has 1 aromatic heterocycles. The zero-order valence-electron chi connectivity index (χ0n) is 18.2. The number of carbonyl (C=O) groups excluding carboxylic acids is 3. The smallest absolute Gasteiger partial charge is 0.324 e. The molecule has 0 saturated carbocycles. The second-order valence-electron chi connectivity index (χ2n) is 8.19. The predicted octanol–water partition coefficient (Wildman–Crippen LogP) is 2.96. The first kappa shape index (κ1) is 21.7. The van der Waals surface area contributed by atoms with Crippen molar-refractivity contribution in [1.82, 2.24) is 15.2 Å². The number of halogens is 1. The maximum Gasteiger partial charge on any atom is 0.324 e. The lowest BCUT2D eigenvalue weighted by Gasteiger charge is -2.19. The summed E-state index contributed by atoms with van der Waals surface area (Å²) >= 11 is 0. The van der Waals surface area contributed by atoms with E-state index in [-0.39, 0.29) is 37.0 Å². The predicted molar refractivity (Wildman–Crippen MR) is 121 cm³/mol. The number of nitrogens with one attached hydrogen (secondary N) is 3. The van der Waals surface area contributed by atoms with Crippen LogP contribution in [-0.2, 0) is 16.0 Å². The van der Waals surface area contributed by atoms with Gasteiger partial charge in [0.2, 0.25) is 5.91 Å². The Morgan fingerprint density at radius 2 is 1.94 bits per heavy atom. The van der Waals surface area contributed by atoms with Gasteiger partial charge >= 0.3 is 6.03 Å². The molecule has 1 saturated heterocycles. The van der Waals surface area contributed by atoms with Crippen LogP contribution in [0.3, 0.4) is 0 Å². The number of urea groups is 1. The molecule has 34 heavy (non-hydrogen) atoms. The van der Waals surface area contributed by atoms with Crippen molar-refractivity contribution in [3.63, 3.8) is 0 Å². The maximum absolute atomic E-state index is 13.6. The molecule has 1 fully saturated rings. The summed E-state index contributed by atoms with van der Waals surface area (Å²) in [5, 5.41) is 6.14.